The van der Waals surface area contributed by atoms with E-state index in [1.807, 2.05) is 24.3 Å². The van der Waals surface area contributed by atoms with Crippen molar-refractivity contribution in [2.45, 2.75) is 18.9 Å². The van der Waals surface area contributed by atoms with Crippen LogP contribution < -0.4 is 5.73 Å². The fourth-order valence-corrected chi connectivity index (χ4v) is 2.56. The van der Waals surface area contributed by atoms with Gasteiger partial charge in [0.15, 0.2) is 5.82 Å². The zero-order chi connectivity index (χ0) is 13.5. The molecule has 1 aromatic heterocycles. The normalized spacial score (nSPS) is 16.4. The van der Waals surface area contributed by atoms with Crippen molar-refractivity contribution < 1.29 is 4.52 Å². The molecule has 1 heterocycles. The summed E-state index contributed by atoms with van der Waals surface area (Å²) in [5.74, 6) is 1.69. The molecule has 1 fully saturated rings. The van der Waals surface area contributed by atoms with Gasteiger partial charge < -0.3 is 10.3 Å². The van der Waals surface area contributed by atoms with Gasteiger partial charge in [0.25, 0.3) is 5.89 Å². The van der Waals surface area contributed by atoms with Crippen LogP contribution in [0.1, 0.15) is 24.7 Å². The van der Waals surface area contributed by atoms with Gasteiger partial charge in [0.1, 0.15) is 0 Å². The highest BCUT2D eigenvalue weighted by atomic mass is 16.5. The average Bonchev–Trinajstić information content (AvgIpc) is 3.23. The molecule has 1 unspecified atom stereocenters. The molecule has 2 aromatic carbocycles. The van der Waals surface area contributed by atoms with E-state index in [4.69, 9.17) is 10.3 Å². The van der Waals surface area contributed by atoms with E-state index in [-0.39, 0.29) is 6.04 Å². The van der Waals surface area contributed by atoms with E-state index < -0.39 is 0 Å². The maximum Gasteiger partial charge on any atom is 0.258 e. The summed E-state index contributed by atoms with van der Waals surface area (Å²) < 4.78 is 5.42. The van der Waals surface area contributed by atoms with Crippen LogP contribution >= 0.6 is 0 Å². The molecule has 100 valence electrons. The zero-order valence-electron chi connectivity index (χ0n) is 11.0. The molecule has 4 heteroatoms. The van der Waals surface area contributed by atoms with E-state index in [0.717, 1.165) is 16.3 Å². The molecule has 0 saturated heterocycles. The molecule has 20 heavy (non-hydrogen) atoms. The third-order valence-electron chi connectivity index (χ3n) is 3.89. The fourth-order valence-electron chi connectivity index (χ4n) is 2.56. The van der Waals surface area contributed by atoms with Crippen LogP contribution in [0.4, 0.5) is 0 Å². The first-order chi connectivity index (χ1) is 9.83. The Morgan fingerprint density at radius 1 is 1.10 bits per heavy atom. The molecule has 0 amide bonds. The minimum atomic E-state index is -0.0949. The van der Waals surface area contributed by atoms with Crippen LogP contribution in [0.3, 0.4) is 0 Å². The topological polar surface area (TPSA) is 64.9 Å². The maximum atomic E-state index is 6.12. The van der Waals surface area contributed by atoms with Gasteiger partial charge in [0.2, 0.25) is 0 Å². The first kappa shape index (κ1) is 11.6. The molecule has 1 atom stereocenters. The highest BCUT2D eigenvalue weighted by Crippen LogP contribution is 2.39. The molecule has 0 bridgehead atoms. The van der Waals surface area contributed by atoms with Gasteiger partial charge in [-0.25, -0.2) is 0 Å². The minimum Gasteiger partial charge on any atom is -0.334 e. The van der Waals surface area contributed by atoms with Crippen LogP contribution in [-0.4, -0.2) is 10.1 Å². The Kier molecular flexibility index (Phi) is 2.57. The molecule has 0 aliphatic heterocycles. The van der Waals surface area contributed by atoms with Crippen LogP contribution in [0, 0.1) is 5.92 Å². The second-order valence-corrected chi connectivity index (χ2v) is 5.35. The molecule has 1 saturated carbocycles. The molecule has 0 radical (unpaired) electrons. The smallest absolute Gasteiger partial charge is 0.258 e. The van der Waals surface area contributed by atoms with E-state index >= 15 is 0 Å². The predicted octanol–water partition coefficient (Wildman–Crippen LogP) is 3.30. The lowest BCUT2D eigenvalue weighted by molar-refractivity contribution is 0.412. The second kappa shape index (κ2) is 4.42. The average molecular weight is 265 g/mol. The van der Waals surface area contributed by atoms with Crippen molar-refractivity contribution in [3.63, 3.8) is 0 Å². The standard InChI is InChI=1S/C16H15N3O/c17-14(11-8-9-11)15-18-16(20-19-15)13-7-3-5-10-4-1-2-6-12(10)13/h1-7,11,14H,8-9,17H2. The fraction of sp³-hybridized carbons (Fsp3) is 0.250. The summed E-state index contributed by atoms with van der Waals surface area (Å²) in [6.07, 6.45) is 2.33. The molecule has 4 rings (SSSR count). The Hall–Kier alpha value is -2.20. The van der Waals surface area contributed by atoms with Gasteiger partial charge >= 0.3 is 0 Å². The van der Waals surface area contributed by atoms with Gasteiger partial charge in [0, 0.05) is 5.56 Å². The Labute approximate surface area is 116 Å². The number of aromatic nitrogens is 2. The van der Waals surface area contributed by atoms with Crippen molar-refractivity contribution in [3.05, 3.63) is 48.3 Å². The number of rotatable bonds is 3. The van der Waals surface area contributed by atoms with Crippen molar-refractivity contribution in [1.82, 2.24) is 10.1 Å². The van der Waals surface area contributed by atoms with Crippen LogP contribution in [-0.2, 0) is 0 Å². The number of benzene rings is 2. The van der Waals surface area contributed by atoms with Crippen LogP contribution in [0.25, 0.3) is 22.2 Å². The Morgan fingerprint density at radius 2 is 1.90 bits per heavy atom. The first-order valence-corrected chi connectivity index (χ1v) is 6.90. The Bertz CT molecular complexity index is 756. The second-order valence-electron chi connectivity index (χ2n) is 5.35. The van der Waals surface area contributed by atoms with Crippen molar-refractivity contribution >= 4 is 10.8 Å². The summed E-state index contributed by atoms with van der Waals surface area (Å²) in [4.78, 5) is 4.49. The number of hydrogen-bond acceptors (Lipinski definition) is 4. The number of fused-ring (bicyclic) bond motifs is 1. The first-order valence-electron chi connectivity index (χ1n) is 6.90. The number of nitrogens with zero attached hydrogens (tertiary/aromatic N) is 2. The summed E-state index contributed by atoms with van der Waals surface area (Å²) in [6.45, 7) is 0. The van der Waals surface area contributed by atoms with Crippen molar-refractivity contribution in [2.75, 3.05) is 0 Å². The summed E-state index contributed by atoms with van der Waals surface area (Å²) in [5, 5.41) is 6.33. The highest BCUT2D eigenvalue weighted by Gasteiger charge is 2.32. The van der Waals surface area contributed by atoms with Crippen LogP contribution in [0.5, 0.6) is 0 Å². The van der Waals surface area contributed by atoms with Crippen molar-refractivity contribution in [3.8, 4) is 11.5 Å². The molecule has 4 nitrogen and oxygen atoms in total. The monoisotopic (exact) mass is 265 g/mol. The summed E-state index contributed by atoms with van der Waals surface area (Å²) in [7, 11) is 0. The molecular weight excluding hydrogens is 250 g/mol. The maximum absolute atomic E-state index is 6.12. The van der Waals surface area contributed by atoms with E-state index in [2.05, 4.69) is 28.3 Å². The predicted molar refractivity (Wildman–Crippen MR) is 76.9 cm³/mol. The third kappa shape index (κ3) is 1.89. The van der Waals surface area contributed by atoms with Crippen molar-refractivity contribution in [2.24, 2.45) is 11.7 Å². The largest absolute Gasteiger partial charge is 0.334 e. The summed E-state index contributed by atoms with van der Waals surface area (Å²) in [5.41, 5.74) is 7.08. The van der Waals surface area contributed by atoms with Gasteiger partial charge in [-0.15, -0.1) is 0 Å². The van der Waals surface area contributed by atoms with E-state index in [1.165, 1.54) is 12.8 Å². The van der Waals surface area contributed by atoms with E-state index in [9.17, 15) is 0 Å². The van der Waals surface area contributed by atoms with Gasteiger partial charge in [-0.3, -0.25) is 0 Å². The Morgan fingerprint density at radius 3 is 2.75 bits per heavy atom. The molecular formula is C16H15N3O. The zero-order valence-corrected chi connectivity index (χ0v) is 11.0. The highest BCUT2D eigenvalue weighted by molar-refractivity contribution is 5.94. The van der Waals surface area contributed by atoms with Crippen molar-refractivity contribution in [1.29, 1.82) is 0 Å². The molecule has 1 aliphatic rings. The molecule has 0 spiro atoms. The molecule has 1 aliphatic carbocycles. The summed E-state index contributed by atoms with van der Waals surface area (Å²) >= 11 is 0. The summed E-state index contributed by atoms with van der Waals surface area (Å²) in [6, 6.07) is 14.2. The quantitative estimate of drug-likeness (QED) is 0.789. The SMILES string of the molecule is NC(c1noc(-c2cccc3ccccc23)n1)C1CC1. The lowest BCUT2D eigenvalue weighted by atomic mass is 10.0. The molecule has 3 aromatic rings. The minimum absolute atomic E-state index is 0.0949. The van der Waals surface area contributed by atoms with Gasteiger partial charge in [-0.1, -0.05) is 41.6 Å². The third-order valence-corrected chi connectivity index (χ3v) is 3.89. The lowest BCUT2D eigenvalue weighted by Gasteiger charge is -2.03. The van der Waals surface area contributed by atoms with Crippen LogP contribution in [0.15, 0.2) is 47.0 Å². The van der Waals surface area contributed by atoms with Gasteiger partial charge in [-0.2, -0.15) is 4.98 Å². The molecule has 2 N–H and O–H groups in total. The van der Waals surface area contributed by atoms with Crippen LogP contribution in [0.2, 0.25) is 0 Å². The number of hydrogen-bond donors (Lipinski definition) is 1. The van der Waals surface area contributed by atoms with Gasteiger partial charge in [0.05, 0.1) is 6.04 Å². The van der Waals surface area contributed by atoms with E-state index in [1.54, 1.807) is 0 Å². The lowest BCUT2D eigenvalue weighted by Crippen LogP contribution is -2.13. The number of nitrogens with two attached hydrogens (primary N) is 1. The van der Waals surface area contributed by atoms with Gasteiger partial charge in [-0.05, 0) is 35.6 Å². The van der Waals surface area contributed by atoms with E-state index in [0.29, 0.717) is 17.6 Å². The Balaban J connectivity index is 1.79.